The van der Waals surface area contributed by atoms with Crippen LogP contribution in [0.1, 0.15) is 10.4 Å². The van der Waals surface area contributed by atoms with Gasteiger partial charge in [-0.2, -0.15) is 9.67 Å². The van der Waals surface area contributed by atoms with E-state index in [0.29, 0.717) is 18.7 Å². The Morgan fingerprint density at radius 2 is 2.00 bits per heavy atom. The second kappa shape index (κ2) is 9.21. The van der Waals surface area contributed by atoms with Crippen LogP contribution in [0.25, 0.3) is 0 Å². The van der Waals surface area contributed by atoms with Gasteiger partial charge >= 0.3 is 0 Å². The number of rotatable bonds is 8. The molecular formula is C22H24N8O2. The zero-order chi connectivity index (χ0) is 22.5. The van der Waals surface area contributed by atoms with E-state index in [9.17, 15) is 4.79 Å². The molecule has 2 aromatic heterocycles. The van der Waals surface area contributed by atoms with Crippen LogP contribution in [-0.2, 0) is 6.54 Å². The molecule has 0 fully saturated rings. The van der Waals surface area contributed by atoms with Crippen LogP contribution in [0.5, 0.6) is 5.75 Å². The monoisotopic (exact) mass is 432 g/mol. The predicted octanol–water partition coefficient (Wildman–Crippen LogP) is 2.63. The normalized spacial score (nSPS) is 10.7. The summed E-state index contributed by atoms with van der Waals surface area (Å²) in [4.78, 5) is 22.9. The molecule has 0 aliphatic heterocycles. The first-order valence-corrected chi connectivity index (χ1v) is 10.00. The van der Waals surface area contributed by atoms with Gasteiger partial charge in [-0.25, -0.2) is 4.98 Å². The van der Waals surface area contributed by atoms with Gasteiger partial charge in [0.1, 0.15) is 12.4 Å². The van der Waals surface area contributed by atoms with Crippen molar-refractivity contribution in [3.05, 3.63) is 72.8 Å². The topological polar surface area (TPSA) is 116 Å². The van der Waals surface area contributed by atoms with Crippen LogP contribution >= 0.6 is 0 Å². The number of imidazole rings is 1. The molecule has 164 valence electrons. The minimum Gasteiger partial charge on any atom is -0.492 e. The number of hydrogen-bond donors (Lipinski definition) is 2. The van der Waals surface area contributed by atoms with Crippen molar-refractivity contribution in [2.45, 2.75) is 6.54 Å². The van der Waals surface area contributed by atoms with Crippen molar-refractivity contribution >= 4 is 29.2 Å². The van der Waals surface area contributed by atoms with Crippen LogP contribution in [0.15, 0.2) is 67.3 Å². The first-order chi connectivity index (χ1) is 15.5. The van der Waals surface area contributed by atoms with Crippen molar-refractivity contribution in [1.29, 1.82) is 0 Å². The lowest BCUT2D eigenvalue weighted by atomic mass is 10.2. The molecule has 0 radical (unpaired) electrons. The highest BCUT2D eigenvalue weighted by Crippen LogP contribution is 2.20. The Morgan fingerprint density at radius 3 is 2.72 bits per heavy atom. The van der Waals surface area contributed by atoms with Crippen LogP contribution in [0.4, 0.5) is 23.3 Å². The van der Waals surface area contributed by atoms with Crippen LogP contribution in [0, 0.1) is 0 Å². The lowest BCUT2D eigenvalue weighted by molar-refractivity contribution is 0.0948. The van der Waals surface area contributed by atoms with Gasteiger partial charge in [-0.3, -0.25) is 4.79 Å². The zero-order valence-electron chi connectivity index (χ0n) is 17.8. The van der Waals surface area contributed by atoms with Crippen molar-refractivity contribution < 1.29 is 9.53 Å². The first kappa shape index (κ1) is 20.9. The molecule has 2 heterocycles. The summed E-state index contributed by atoms with van der Waals surface area (Å²) in [6.45, 7) is 1.24. The predicted molar refractivity (Wildman–Crippen MR) is 122 cm³/mol. The molecule has 4 aromatic rings. The maximum atomic E-state index is 12.8. The van der Waals surface area contributed by atoms with E-state index in [-0.39, 0.29) is 17.8 Å². The highest BCUT2D eigenvalue weighted by Gasteiger charge is 2.17. The van der Waals surface area contributed by atoms with Crippen molar-refractivity contribution in [3.63, 3.8) is 0 Å². The van der Waals surface area contributed by atoms with Gasteiger partial charge in [0.25, 0.3) is 5.91 Å². The van der Waals surface area contributed by atoms with Crippen LogP contribution in [0.2, 0.25) is 0 Å². The molecule has 0 saturated heterocycles. The number of benzene rings is 2. The molecule has 0 unspecified atom stereocenters. The molecule has 0 aliphatic carbocycles. The van der Waals surface area contributed by atoms with Gasteiger partial charge in [0.05, 0.1) is 12.9 Å². The number of nitrogens with zero attached hydrogens (tertiary/aromatic N) is 6. The second-order valence-electron chi connectivity index (χ2n) is 7.25. The fraction of sp³-hybridized carbons (Fsp3) is 0.182. The van der Waals surface area contributed by atoms with E-state index < -0.39 is 0 Å². The molecule has 0 saturated carbocycles. The number of nitrogens with one attached hydrogen (secondary N) is 1. The molecule has 3 N–H and O–H groups in total. The lowest BCUT2D eigenvalue weighted by Crippen LogP contribution is -2.17. The SMILES string of the molecule is CN(C)c1cccc(C(=O)n2nc(Nc3ccc(OCCn4ccnc4)cc3)nc2N)c1. The third-order valence-corrected chi connectivity index (χ3v) is 4.72. The Morgan fingerprint density at radius 1 is 1.19 bits per heavy atom. The maximum Gasteiger partial charge on any atom is 0.281 e. The Labute approximate surface area is 185 Å². The summed E-state index contributed by atoms with van der Waals surface area (Å²) in [6.07, 6.45) is 5.37. The van der Waals surface area contributed by atoms with Crippen LogP contribution in [-0.4, -0.2) is 50.9 Å². The number of hydrogen-bond acceptors (Lipinski definition) is 8. The third-order valence-electron chi connectivity index (χ3n) is 4.72. The first-order valence-electron chi connectivity index (χ1n) is 10.00. The summed E-state index contributed by atoms with van der Waals surface area (Å²) in [5, 5.41) is 7.28. The highest BCUT2D eigenvalue weighted by molar-refractivity contribution is 5.97. The standard InChI is InChI=1S/C22H24N8O2/c1-28(2)18-5-3-4-16(14-18)20(31)30-21(23)26-22(27-30)25-17-6-8-19(9-7-17)32-13-12-29-11-10-24-15-29/h3-11,14-15H,12-13H2,1-2H3,(H3,23,25,26,27). The Hall–Kier alpha value is -4.34. The Bertz CT molecular complexity index is 1180. The Balaban J connectivity index is 1.39. The van der Waals surface area contributed by atoms with Crippen molar-refractivity contribution in [2.24, 2.45) is 0 Å². The zero-order valence-corrected chi connectivity index (χ0v) is 17.8. The minimum atomic E-state index is -0.353. The number of ether oxygens (including phenoxy) is 1. The summed E-state index contributed by atoms with van der Waals surface area (Å²) in [5.41, 5.74) is 8.06. The van der Waals surface area contributed by atoms with E-state index in [1.54, 1.807) is 24.7 Å². The van der Waals surface area contributed by atoms with Gasteiger partial charge in [-0.1, -0.05) is 6.07 Å². The molecule has 0 amide bonds. The number of carbonyl (C=O) groups excluding carboxylic acids is 1. The number of nitrogen functional groups attached to an aromatic ring is 1. The molecule has 0 aliphatic rings. The quantitative estimate of drug-likeness (QED) is 0.437. The van der Waals surface area contributed by atoms with Gasteiger partial charge in [0, 0.05) is 43.4 Å². The third kappa shape index (κ3) is 4.86. The molecule has 0 bridgehead atoms. The van der Waals surface area contributed by atoms with Gasteiger partial charge in [0.15, 0.2) is 0 Å². The largest absolute Gasteiger partial charge is 0.492 e. The van der Waals surface area contributed by atoms with E-state index in [1.807, 2.05) is 66.2 Å². The van der Waals surface area contributed by atoms with Gasteiger partial charge < -0.3 is 25.3 Å². The van der Waals surface area contributed by atoms with Gasteiger partial charge in [-0.15, -0.1) is 5.10 Å². The number of nitrogens with two attached hydrogens (primary N) is 1. The fourth-order valence-electron chi connectivity index (χ4n) is 3.02. The Kier molecular flexibility index (Phi) is 6.02. The minimum absolute atomic E-state index is 0.00668. The maximum absolute atomic E-state index is 12.8. The van der Waals surface area contributed by atoms with Gasteiger partial charge in [0.2, 0.25) is 11.9 Å². The fourth-order valence-corrected chi connectivity index (χ4v) is 3.02. The van der Waals surface area contributed by atoms with Crippen LogP contribution in [0.3, 0.4) is 0 Å². The molecule has 2 aromatic carbocycles. The van der Waals surface area contributed by atoms with Gasteiger partial charge in [-0.05, 0) is 42.5 Å². The highest BCUT2D eigenvalue weighted by atomic mass is 16.5. The van der Waals surface area contributed by atoms with Crippen molar-refractivity contribution in [3.8, 4) is 5.75 Å². The summed E-state index contributed by atoms with van der Waals surface area (Å²) in [6, 6.07) is 14.6. The molecule has 10 nitrogen and oxygen atoms in total. The van der Waals surface area contributed by atoms with E-state index in [0.717, 1.165) is 21.8 Å². The lowest BCUT2D eigenvalue weighted by Gasteiger charge is -2.13. The second-order valence-corrected chi connectivity index (χ2v) is 7.25. The van der Waals surface area contributed by atoms with E-state index in [1.165, 1.54) is 0 Å². The van der Waals surface area contributed by atoms with Crippen molar-refractivity contribution in [2.75, 3.05) is 36.7 Å². The molecule has 32 heavy (non-hydrogen) atoms. The molecule has 4 rings (SSSR count). The average Bonchev–Trinajstić information content (AvgIpc) is 3.44. The van der Waals surface area contributed by atoms with E-state index in [2.05, 4.69) is 20.4 Å². The van der Waals surface area contributed by atoms with Crippen LogP contribution < -0.4 is 20.7 Å². The van der Waals surface area contributed by atoms with E-state index >= 15 is 0 Å². The smallest absolute Gasteiger partial charge is 0.281 e. The number of anilines is 4. The van der Waals surface area contributed by atoms with E-state index in [4.69, 9.17) is 10.5 Å². The number of carbonyl (C=O) groups is 1. The molecule has 0 atom stereocenters. The number of aromatic nitrogens is 5. The molecular weight excluding hydrogens is 408 g/mol. The summed E-state index contributed by atoms with van der Waals surface area (Å²) >= 11 is 0. The average molecular weight is 432 g/mol. The summed E-state index contributed by atoms with van der Waals surface area (Å²) in [7, 11) is 3.82. The molecule has 0 spiro atoms. The summed E-state index contributed by atoms with van der Waals surface area (Å²) < 4.78 is 8.77. The summed E-state index contributed by atoms with van der Waals surface area (Å²) in [5.74, 6) is 0.624. The van der Waals surface area contributed by atoms with Crippen molar-refractivity contribution in [1.82, 2.24) is 24.3 Å². The molecule has 10 heteroatoms.